The molecular formula is C32H36N4O4. The van der Waals surface area contributed by atoms with Gasteiger partial charge in [-0.1, -0.05) is 31.4 Å². The first-order chi connectivity index (χ1) is 19.6. The number of rotatable bonds is 5. The smallest absolute Gasteiger partial charge is 0.270 e. The third-order valence-corrected chi connectivity index (χ3v) is 7.45. The summed E-state index contributed by atoms with van der Waals surface area (Å²) in [6.45, 7) is 1.61. The summed E-state index contributed by atoms with van der Waals surface area (Å²) >= 11 is 0. The maximum atomic E-state index is 14.0. The molecule has 0 radical (unpaired) electrons. The van der Waals surface area contributed by atoms with Crippen molar-refractivity contribution in [3.8, 4) is 16.9 Å². The van der Waals surface area contributed by atoms with Gasteiger partial charge in [-0.3, -0.25) is 14.6 Å². The number of methoxy groups -OCH3 is 2. The second-order valence-corrected chi connectivity index (χ2v) is 10.2. The number of pyridine rings is 1. The van der Waals surface area contributed by atoms with Crippen molar-refractivity contribution < 1.29 is 19.1 Å². The Kier molecular flexibility index (Phi) is 8.76. The second kappa shape index (κ2) is 12.8. The number of H-pyrrole nitrogens is 1. The van der Waals surface area contributed by atoms with E-state index in [9.17, 15) is 9.59 Å². The van der Waals surface area contributed by atoms with E-state index in [0.717, 1.165) is 71.1 Å². The van der Waals surface area contributed by atoms with Crippen LogP contribution in [0.2, 0.25) is 0 Å². The highest BCUT2D eigenvalue weighted by molar-refractivity contribution is 5.99. The highest BCUT2D eigenvalue weighted by Gasteiger charge is 2.24. The summed E-state index contributed by atoms with van der Waals surface area (Å²) in [5, 5.41) is 0.953. The van der Waals surface area contributed by atoms with Crippen LogP contribution in [0.15, 0.2) is 67.0 Å². The monoisotopic (exact) mass is 540 g/mol. The predicted octanol–water partition coefficient (Wildman–Crippen LogP) is 5.82. The molecule has 0 saturated carbocycles. The molecule has 2 aromatic heterocycles. The lowest BCUT2D eigenvalue weighted by molar-refractivity contribution is -0.122. The summed E-state index contributed by atoms with van der Waals surface area (Å²) in [4.78, 5) is 38.5. The van der Waals surface area contributed by atoms with E-state index in [0.29, 0.717) is 25.3 Å². The first kappa shape index (κ1) is 27.4. The Labute approximate surface area is 234 Å². The topological polar surface area (TPSA) is 87.8 Å². The molecule has 1 aliphatic heterocycles. The molecule has 0 bridgehead atoms. The summed E-state index contributed by atoms with van der Waals surface area (Å²) in [6.07, 6.45) is 8.53. The fraction of sp³-hybridized carbons (Fsp3) is 0.344. The average Bonchev–Trinajstić information content (AvgIpc) is 3.41. The average molecular weight is 541 g/mol. The molecule has 8 nitrogen and oxygen atoms in total. The summed E-state index contributed by atoms with van der Waals surface area (Å²) in [5.41, 5.74) is 5.09. The number of benzene rings is 2. The molecule has 0 unspecified atom stereocenters. The lowest BCUT2D eigenvalue weighted by Crippen LogP contribution is -2.37. The number of aromatic amines is 1. The molecule has 208 valence electrons. The lowest BCUT2D eigenvalue weighted by atomic mass is 10.0. The first-order valence-corrected chi connectivity index (χ1v) is 13.9. The van der Waals surface area contributed by atoms with Crippen molar-refractivity contribution >= 4 is 28.4 Å². The zero-order valence-electron chi connectivity index (χ0n) is 23.2. The van der Waals surface area contributed by atoms with Gasteiger partial charge in [-0.25, -0.2) is 0 Å². The maximum Gasteiger partial charge on any atom is 0.270 e. The van der Waals surface area contributed by atoms with Crippen LogP contribution in [0.5, 0.6) is 5.75 Å². The fourth-order valence-corrected chi connectivity index (χ4v) is 5.35. The molecule has 8 heteroatoms. The van der Waals surface area contributed by atoms with E-state index in [4.69, 9.17) is 9.47 Å². The molecule has 0 aliphatic carbocycles. The number of fused-ring (bicyclic) bond motifs is 2. The number of aromatic nitrogens is 2. The van der Waals surface area contributed by atoms with Crippen molar-refractivity contribution in [2.24, 2.45) is 0 Å². The highest BCUT2D eigenvalue weighted by Crippen LogP contribution is 2.31. The van der Waals surface area contributed by atoms with Crippen LogP contribution < -0.4 is 9.64 Å². The Hall–Kier alpha value is -4.17. The van der Waals surface area contributed by atoms with Crippen LogP contribution >= 0.6 is 0 Å². The van der Waals surface area contributed by atoms with E-state index in [-0.39, 0.29) is 18.4 Å². The van der Waals surface area contributed by atoms with E-state index < -0.39 is 0 Å². The molecule has 0 spiro atoms. The summed E-state index contributed by atoms with van der Waals surface area (Å²) in [5.74, 6) is 0.578. The van der Waals surface area contributed by atoms with Crippen LogP contribution in [0, 0.1) is 0 Å². The molecule has 1 N–H and O–H groups in total. The summed E-state index contributed by atoms with van der Waals surface area (Å²) in [7, 11) is 3.17. The van der Waals surface area contributed by atoms with E-state index in [2.05, 4.69) is 16.0 Å². The highest BCUT2D eigenvalue weighted by atomic mass is 16.5. The molecule has 40 heavy (non-hydrogen) atoms. The molecular weight excluding hydrogens is 504 g/mol. The summed E-state index contributed by atoms with van der Waals surface area (Å²) < 4.78 is 10.6. The summed E-state index contributed by atoms with van der Waals surface area (Å²) in [6, 6.07) is 17.7. The molecule has 0 saturated heterocycles. The molecule has 0 atom stereocenters. The second-order valence-electron chi connectivity index (χ2n) is 10.2. The lowest BCUT2D eigenvalue weighted by Gasteiger charge is -2.29. The molecule has 4 aromatic rings. The molecule has 3 heterocycles. The van der Waals surface area contributed by atoms with Crippen LogP contribution in [0.3, 0.4) is 0 Å². The number of carbonyl (C=O) groups is 2. The molecule has 2 aromatic carbocycles. The van der Waals surface area contributed by atoms with E-state index >= 15 is 0 Å². The fourth-order valence-electron chi connectivity index (χ4n) is 5.35. The van der Waals surface area contributed by atoms with Crippen molar-refractivity contribution in [2.45, 2.75) is 38.6 Å². The van der Waals surface area contributed by atoms with Crippen molar-refractivity contribution in [3.63, 3.8) is 0 Å². The van der Waals surface area contributed by atoms with Gasteiger partial charge in [-0.05, 0) is 65.9 Å². The predicted molar refractivity (Wildman–Crippen MR) is 157 cm³/mol. The van der Waals surface area contributed by atoms with Gasteiger partial charge in [0.05, 0.1) is 7.11 Å². The third kappa shape index (κ3) is 6.18. The minimum atomic E-state index is -0.0858. The van der Waals surface area contributed by atoms with Gasteiger partial charge in [-0.15, -0.1) is 0 Å². The van der Waals surface area contributed by atoms with Crippen LogP contribution in [0.4, 0.5) is 5.69 Å². The Morgan fingerprint density at radius 3 is 2.52 bits per heavy atom. The maximum absolute atomic E-state index is 14.0. The number of amides is 2. The van der Waals surface area contributed by atoms with Crippen molar-refractivity contribution in [2.75, 3.05) is 38.8 Å². The van der Waals surface area contributed by atoms with Gasteiger partial charge in [0.1, 0.15) is 18.1 Å². The number of nitrogens with zero attached hydrogens (tertiary/aromatic N) is 3. The quantitative estimate of drug-likeness (QED) is 0.344. The van der Waals surface area contributed by atoms with Crippen LogP contribution in [0.1, 0.15) is 48.2 Å². The number of anilines is 1. The Morgan fingerprint density at radius 2 is 1.75 bits per heavy atom. The van der Waals surface area contributed by atoms with Gasteiger partial charge < -0.3 is 24.3 Å². The van der Waals surface area contributed by atoms with Crippen LogP contribution in [-0.4, -0.2) is 60.6 Å². The number of ether oxygens (including phenoxy) is 2. The van der Waals surface area contributed by atoms with Crippen molar-refractivity contribution in [1.29, 1.82) is 0 Å². The SMILES string of the molecule is COCC(=O)N1CCCCCCCN(C(=O)c2cc3ccc(OC)cc3[nH]2)Cc2cc(-c3cccnc3)ccc21. The zero-order valence-corrected chi connectivity index (χ0v) is 23.2. The largest absolute Gasteiger partial charge is 0.497 e. The minimum absolute atomic E-state index is 0.00493. The van der Waals surface area contributed by atoms with E-state index in [1.165, 1.54) is 7.11 Å². The van der Waals surface area contributed by atoms with Crippen molar-refractivity contribution in [3.05, 3.63) is 78.2 Å². The molecule has 0 fully saturated rings. The Balaban J connectivity index is 1.55. The van der Waals surface area contributed by atoms with Gasteiger partial charge >= 0.3 is 0 Å². The number of nitrogens with one attached hydrogen (secondary N) is 1. The van der Waals surface area contributed by atoms with Gasteiger partial charge in [-0.2, -0.15) is 0 Å². The molecule has 2 amide bonds. The third-order valence-electron chi connectivity index (χ3n) is 7.45. The first-order valence-electron chi connectivity index (χ1n) is 13.9. The van der Waals surface area contributed by atoms with Crippen LogP contribution in [0.25, 0.3) is 22.0 Å². The van der Waals surface area contributed by atoms with Gasteiger partial charge in [0.2, 0.25) is 0 Å². The molecule has 1 aliphatic rings. The van der Waals surface area contributed by atoms with E-state index in [1.807, 2.05) is 64.5 Å². The molecule has 5 rings (SSSR count). The number of carbonyl (C=O) groups excluding carboxylic acids is 2. The van der Waals surface area contributed by atoms with Crippen molar-refractivity contribution in [1.82, 2.24) is 14.9 Å². The normalized spacial score (nSPS) is 14.8. The zero-order chi connectivity index (χ0) is 27.9. The van der Waals surface area contributed by atoms with Gasteiger partial charge in [0.25, 0.3) is 11.8 Å². The standard InChI is InChI=1S/C32H36N4O4/c1-39-22-31(37)36-16-7-5-3-4-6-15-35(32(38)29-18-24-10-12-27(40-2)19-28(24)34-29)21-26-17-23(11-13-30(26)36)25-9-8-14-33-20-25/h8-14,17-20,34H,3-7,15-16,21-22H2,1-2H3. The Morgan fingerprint density at radius 1 is 0.925 bits per heavy atom. The minimum Gasteiger partial charge on any atom is -0.497 e. The number of hydrogen-bond donors (Lipinski definition) is 1. The Bertz CT molecular complexity index is 1470. The van der Waals surface area contributed by atoms with E-state index in [1.54, 1.807) is 13.3 Å². The van der Waals surface area contributed by atoms with Gasteiger partial charge in [0, 0.05) is 61.8 Å². The van der Waals surface area contributed by atoms with Gasteiger partial charge in [0.15, 0.2) is 0 Å². The van der Waals surface area contributed by atoms with Crippen LogP contribution in [-0.2, 0) is 16.1 Å². The number of hydrogen-bond acceptors (Lipinski definition) is 5.